The molecule has 1 aliphatic carbocycles. The maximum Gasteiger partial charge on any atom is 0.402 e. The summed E-state index contributed by atoms with van der Waals surface area (Å²) in [6, 6.07) is -0.531. The van der Waals surface area contributed by atoms with Gasteiger partial charge in [0.05, 0.1) is 0 Å². The highest BCUT2D eigenvalue weighted by Gasteiger charge is 2.46. The Hall–Kier alpha value is -0.380. The normalized spacial score (nSPS) is 26.1. The quantitative estimate of drug-likeness (QED) is 0.822. The average molecular weight is 316 g/mol. The molecule has 1 aliphatic heterocycles. The molecule has 1 atom stereocenters. The molecule has 1 saturated heterocycles. The van der Waals surface area contributed by atoms with E-state index in [4.69, 9.17) is 5.11 Å². The van der Waals surface area contributed by atoms with Crippen molar-refractivity contribution in [2.75, 3.05) is 26.2 Å². The molecule has 2 rings (SSSR count). The van der Waals surface area contributed by atoms with Crippen LogP contribution in [0.25, 0.3) is 0 Å². The summed E-state index contributed by atoms with van der Waals surface area (Å²) in [5.41, 5.74) is 0. The van der Waals surface area contributed by atoms with Gasteiger partial charge in [0.25, 0.3) is 10.2 Å². The van der Waals surface area contributed by atoms with Crippen molar-refractivity contribution in [3.8, 4) is 0 Å². The van der Waals surface area contributed by atoms with E-state index in [1.165, 1.54) is 0 Å². The van der Waals surface area contributed by atoms with Gasteiger partial charge in [0.15, 0.2) is 0 Å². The Kier molecular flexibility index (Phi) is 4.63. The van der Waals surface area contributed by atoms with Crippen LogP contribution < -0.4 is 0 Å². The summed E-state index contributed by atoms with van der Waals surface area (Å²) in [7, 11) is -4.10. The number of aliphatic hydroxyl groups excluding tert-OH is 1. The van der Waals surface area contributed by atoms with Gasteiger partial charge < -0.3 is 5.11 Å². The van der Waals surface area contributed by atoms with Crippen LogP contribution in [0.1, 0.15) is 25.7 Å². The molecular weight excluding hydrogens is 297 g/mol. The lowest BCUT2D eigenvalue weighted by Gasteiger charge is -2.35. The van der Waals surface area contributed by atoms with E-state index < -0.39 is 29.0 Å². The van der Waals surface area contributed by atoms with Crippen molar-refractivity contribution in [2.45, 2.75) is 37.9 Å². The summed E-state index contributed by atoms with van der Waals surface area (Å²) < 4.78 is 64.1. The lowest BCUT2D eigenvalue weighted by molar-refractivity contribution is -0.137. The first kappa shape index (κ1) is 16.0. The van der Waals surface area contributed by atoms with E-state index in [2.05, 4.69) is 0 Å². The molecule has 0 amide bonds. The molecule has 1 heterocycles. The number of nitrogens with zero attached hydrogens (tertiary/aromatic N) is 2. The van der Waals surface area contributed by atoms with Gasteiger partial charge in [-0.15, -0.1) is 0 Å². The zero-order chi connectivity index (χ0) is 15.0. The second kappa shape index (κ2) is 5.78. The van der Waals surface area contributed by atoms with E-state index in [1.807, 2.05) is 0 Å². The van der Waals surface area contributed by atoms with Crippen LogP contribution in [-0.2, 0) is 10.2 Å². The number of aliphatic hydroxyl groups is 1. The van der Waals surface area contributed by atoms with Gasteiger partial charge in [-0.1, -0.05) is 0 Å². The second-order valence-corrected chi connectivity index (χ2v) is 7.33. The molecule has 1 saturated carbocycles. The molecule has 9 heteroatoms. The van der Waals surface area contributed by atoms with Gasteiger partial charge in [-0.2, -0.15) is 30.2 Å². The molecule has 118 valence electrons. The second-order valence-electron chi connectivity index (χ2n) is 5.45. The summed E-state index contributed by atoms with van der Waals surface area (Å²) >= 11 is 0. The average Bonchev–Trinajstić information content (AvgIpc) is 3.19. The van der Waals surface area contributed by atoms with Crippen molar-refractivity contribution in [3.05, 3.63) is 0 Å². The van der Waals surface area contributed by atoms with E-state index in [0.29, 0.717) is 30.0 Å². The SMILES string of the molecule is O=S(=O)(N1CCCC(CO)C1)N(CC(F)(F)F)C1CC1. The molecule has 0 bridgehead atoms. The highest BCUT2D eigenvalue weighted by molar-refractivity contribution is 7.86. The number of halogens is 3. The third-order valence-corrected chi connectivity index (χ3v) is 5.66. The minimum Gasteiger partial charge on any atom is -0.396 e. The van der Waals surface area contributed by atoms with Crippen LogP contribution >= 0.6 is 0 Å². The zero-order valence-electron chi connectivity index (χ0n) is 11.0. The maximum absolute atomic E-state index is 12.6. The van der Waals surface area contributed by atoms with Crippen LogP contribution in [0.4, 0.5) is 13.2 Å². The summed E-state index contributed by atoms with van der Waals surface area (Å²) in [5.74, 6) is -0.189. The molecule has 0 radical (unpaired) electrons. The van der Waals surface area contributed by atoms with Crippen LogP contribution in [0.2, 0.25) is 0 Å². The molecule has 0 aromatic rings. The Balaban J connectivity index is 2.13. The fourth-order valence-corrected chi connectivity index (χ4v) is 4.42. The molecule has 1 unspecified atom stereocenters. The van der Waals surface area contributed by atoms with Crippen molar-refractivity contribution in [1.82, 2.24) is 8.61 Å². The standard InChI is InChI=1S/C11H19F3N2O3S/c12-11(13,14)8-16(10-3-4-10)20(18,19)15-5-1-2-9(6-15)7-17/h9-10,17H,1-8H2. The van der Waals surface area contributed by atoms with E-state index >= 15 is 0 Å². The topological polar surface area (TPSA) is 60.9 Å². The van der Waals surface area contributed by atoms with E-state index in [-0.39, 0.29) is 25.6 Å². The monoisotopic (exact) mass is 316 g/mol. The Labute approximate surface area is 116 Å². The summed E-state index contributed by atoms with van der Waals surface area (Å²) in [5, 5.41) is 9.11. The van der Waals surface area contributed by atoms with Crippen LogP contribution in [0, 0.1) is 5.92 Å². The van der Waals surface area contributed by atoms with Gasteiger partial charge in [0.1, 0.15) is 6.54 Å². The predicted molar refractivity (Wildman–Crippen MR) is 66.1 cm³/mol. The Bertz CT molecular complexity index is 437. The van der Waals surface area contributed by atoms with Gasteiger partial charge >= 0.3 is 6.18 Å². The number of rotatable bonds is 5. The molecule has 5 nitrogen and oxygen atoms in total. The van der Waals surface area contributed by atoms with Crippen molar-refractivity contribution in [3.63, 3.8) is 0 Å². The van der Waals surface area contributed by atoms with Gasteiger partial charge in [0, 0.05) is 25.7 Å². The lowest BCUT2D eigenvalue weighted by atomic mass is 10.0. The molecule has 1 N–H and O–H groups in total. The first-order valence-electron chi connectivity index (χ1n) is 6.68. The van der Waals surface area contributed by atoms with Crippen molar-refractivity contribution >= 4 is 10.2 Å². The van der Waals surface area contributed by atoms with Crippen molar-refractivity contribution < 1.29 is 26.7 Å². The fraction of sp³-hybridized carbons (Fsp3) is 1.00. The summed E-state index contributed by atoms with van der Waals surface area (Å²) in [6.45, 7) is -1.26. The van der Waals surface area contributed by atoms with Crippen LogP contribution in [-0.4, -0.2) is 60.6 Å². The Morgan fingerprint density at radius 2 is 1.90 bits per heavy atom. The van der Waals surface area contributed by atoms with Gasteiger partial charge in [-0.25, -0.2) is 0 Å². The minimum atomic E-state index is -4.54. The third-order valence-electron chi connectivity index (χ3n) is 3.65. The molecule has 2 fully saturated rings. The first-order chi connectivity index (χ1) is 9.24. The molecular formula is C11H19F3N2O3S. The minimum absolute atomic E-state index is 0.0971. The highest BCUT2D eigenvalue weighted by Crippen LogP contribution is 2.34. The van der Waals surface area contributed by atoms with E-state index in [0.717, 1.165) is 4.31 Å². The number of hydrogen-bond donors (Lipinski definition) is 1. The lowest BCUT2D eigenvalue weighted by Crippen LogP contribution is -2.51. The molecule has 0 spiro atoms. The highest BCUT2D eigenvalue weighted by atomic mass is 32.2. The molecule has 20 heavy (non-hydrogen) atoms. The number of alkyl halides is 3. The number of hydrogen-bond acceptors (Lipinski definition) is 3. The van der Waals surface area contributed by atoms with E-state index in [9.17, 15) is 21.6 Å². The first-order valence-corrected chi connectivity index (χ1v) is 8.08. The van der Waals surface area contributed by atoms with Crippen LogP contribution in [0.15, 0.2) is 0 Å². The van der Waals surface area contributed by atoms with Crippen molar-refractivity contribution in [1.29, 1.82) is 0 Å². The maximum atomic E-state index is 12.6. The molecule has 0 aromatic carbocycles. The Morgan fingerprint density at radius 1 is 1.25 bits per heavy atom. The van der Waals surface area contributed by atoms with Crippen LogP contribution in [0.5, 0.6) is 0 Å². The largest absolute Gasteiger partial charge is 0.402 e. The Morgan fingerprint density at radius 3 is 2.40 bits per heavy atom. The fourth-order valence-electron chi connectivity index (χ4n) is 2.47. The summed E-state index contributed by atoms with van der Waals surface area (Å²) in [4.78, 5) is 0. The van der Waals surface area contributed by atoms with E-state index in [1.54, 1.807) is 0 Å². The van der Waals surface area contributed by atoms with Crippen LogP contribution in [0.3, 0.4) is 0 Å². The van der Waals surface area contributed by atoms with Gasteiger partial charge in [-0.05, 0) is 31.6 Å². The smallest absolute Gasteiger partial charge is 0.396 e. The molecule has 0 aromatic heterocycles. The number of piperidine rings is 1. The van der Waals surface area contributed by atoms with Gasteiger partial charge in [0.2, 0.25) is 0 Å². The third kappa shape index (κ3) is 3.84. The summed E-state index contributed by atoms with van der Waals surface area (Å²) in [6.07, 6.45) is -2.32. The molecule has 2 aliphatic rings. The van der Waals surface area contributed by atoms with Gasteiger partial charge in [-0.3, -0.25) is 0 Å². The zero-order valence-corrected chi connectivity index (χ0v) is 11.8. The predicted octanol–water partition coefficient (Wildman–Crippen LogP) is 0.962. The van der Waals surface area contributed by atoms with Crippen molar-refractivity contribution in [2.24, 2.45) is 5.92 Å².